The van der Waals surface area contributed by atoms with Gasteiger partial charge in [-0.2, -0.15) is 0 Å². The van der Waals surface area contributed by atoms with E-state index in [0.717, 1.165) is 0 Å². The number of rotatable bonds is 3. The molecule has 1 atom stereocenters. The van der Waals surface area contributed by atoms with Gasteiger partial charge < -0.3 is 24.4 Å². The monoisotopic (exact) mass is 306 g/mol. The van der Waals surface area contributed by atoms with E-state index in [1.165, 1.54) is 0 Å². The van der Waals surface area contributed by atoms with Crippen molar-refractivity contribution in [2.24, 2.45) is 0 Å². The molecule has 118 valence electrons. The molecule has 0 bridgehead atoms. The fraction of sp³-hybridized carbons (Fsp3) is 0.467. The van der Waals surface area contributed by atoms with E-state index in [4.69, 9.17) is 14.2 Å². The van der Waals surface area contributed by atoms with Gasteiger partial charge >= 0.3 is 0 Å². The lowest BCUT2D eigenvalue weighted by molar-refractivity contribution is -0.118. The normalized spacial score (nSPS) is 20.9. The number of hydrogen-bond acceptors (Lipinski definition) is 5. The molecule has 1 N–H and O–H groups in total. The lowest BCUT2D eigenvalue weighted by Crippen LogP contribution is -2.47. The van der Waals surface area contributed by atoms with Crippen molar-refractivity contribution in [2.45, 2.75) is 6.10 Å². The van der Waals surface area contributed by atoms with Gasteiger partial charge in [-0.05, 0) is 18.2 Å². The van der Waals surface area contributed by atoms with Crippen molar-refractivity contribution in [1.29, 1.82) is 0 Å². The summed E-state index contributed by atoms with van der Waals surface area (Å²) in [6.45, 7) is 1.98. The number of nitrogens with one attached hydrogen (secondary N) is 1. The topological polar surface area (TPSA) is 77.1 Å². The van der Waals surface area contributed by atoms with Crippen molar-refractivity contribution in [3.8, 4) is 5.75 Å². The second-order valence-electron chi connectivity index (χ2n) is 5.25. The van der Waals surface area contributed by atoms with Crippen LogP contribution in [0.2, 0.25) is 0 Å². The number of carbonyl (C=O) groups is 2. The molecule has 1 unspecified atom stereocenters. The number of methoxy groups -OCH3 is 1. The molecule has 0 radical (unpaired) electrons. The highest BCUT2D eigenvalue weighted by atomic mass is 16.5. The smallest absolute Gasteiger partial charge is 0.262 e. The number of morpholine rings is 1. The van der Waals surface area contributed by atoms with Crippen LogP contribution < -0.4 is 10.1 Å². The molecule has 2 heterocycles. The van der Waals surface area contributed by atoms with E-state index in [1.807, 2.05) is 0 Å². The summed E-state index contributed by atoms with van der Waals surface area (Å²) in [4.78, 5) is 25.6. The number of nitrogens with zero attached hydrogens (tertiary/aromatic N) is 1. The first kappa shape index (κ1) is 14.8. The highest BCUT2D eigenvalue weighted by Gasteiger charge is 2.26. The zero-order valence-electron chi connectivity index (χ0n) is 12.3. The highest BCUT2D eigenvalue weighted by molar-refractivity contribution is 5.99. The lowest BCUT2D eigenvalue weighted by Gasteiger charge is -2.32. The molecule has 1 aromatic rings. The fourth-order valence-corrected chi connectivity index (χ4v) is 2.58. The number of anilines is 1. The largest absolute Gasteiger partial charge is 0.482 e. The van der Waals surface area contributed by atoms with E-state index in [1.54, 1.807) is 30.2 Å². The summed E-state index contributed by atoms with van der Waals surface area (Å²) >= 11 is 0. The summed E-state index contributed by atoms with van der Waals surface area (Å²) in [6.07, 6.45) is -0.101. The van der Waals surface area contributed by atoms with Crippen LogP contribution in [-0.2, 0) is 14.3 Å². The average molecular weight is 306 g/mol. The third-order valence-corrected chi connectivity index (χ3v) is 3.64. The van der Waals surface area contributed by atoms with Gasteiger partial charge in [0.05, 0.1) is 25.0 Å². The SMILES string of the molecule is COCC1CN(C(=O)c2ccc3c(c2)OCC(=O)N3)CCO1. The third-order valence-electron chi connectivity index (χ3n) is 3.64. The summed E-state index contributed by atoms with van der Waals surface area (Å²) in [5.41, 5.74) is 1.13. The Balaban J connectivity index is 1.73. The molecule has 7 heteroatoms. The predicted octanol–water partition coefficient (Wildman–Crippen LogP) is 0.505. The third kappa shape index (κ3) is 3.05. The Morgan fingerprint density at radius 2 is 2.36 bits per heavy atom. The second kappa shape index (κ2) is 6.33. The van der Waals surface area contributed by atoms with Crippen LogP contribution in [0.3, 0.4) is 0 Å². The maximum absolute atomic E-state index is 12.6. The van der Waals surface area contributed by atoms with Gasteiger partial charge in [-0.1, -0.05) is 0 Å². The molecule has 0 aromatic heterocycles. The minimum Gasteiger partial charge on any atom is -0.482 e. The molecule has 0 spiro atoms. The molecule has 2 aliphatic heterocycles. The van der Waals surface area contributed by atoms with Gasteiger partial charge in [-0.3, -0.25) is 9.59 Å². The number of ether oxygens (including phenoxy) is 3. The second-order valence-corrected chi connectivity index (χ2v) is 5.25. The summed E-state index contributed by atoms with van der Waals surface area (Å²) in [5.74, 6) is 0.252. The molecule has 3 rings (SSSR count). The Labute approximate surface area is 128 Å². The van der Waals surface area contributed by atoms with Crippen LogP contribution in [0.4, 0.5) is 5.69 Å². The van der Waals surface area contributed by atoms with E-state index >= 15 is 0 Å². The van der Waals surface area contributed by atoms with Crippen molar-refractivity contribution in [3.63, 3.8) is 0 Å². The van der Waals surface area contributed by atoms with Gasteiger partial charge in [0.2, 0.25) is 0 Å². The molecule has 0 saturated carbocycles. The number of hydrogen-bond donors (Lipinski definition) is 1. The molecule has 2 aliphatic rings. The maximum Gasteiger partial charge on any atom is 0.262 e. The summed E-state index contributed by atoms with van der Waals surface area (Å²) in [7, 11) is 1.61. The van der Waals surface area contributed by atoms with Gasteiger partial charge in [-0.25, -0.2) is 0 Å². The summed E-state index contributed by atoms with van der Waals surface area (Å²) in [6, 6.07) is 5.04. The van der Waals surface area contributed by atoms with Gasteiger partial charge in [0.25, 0.3) is 11.8 Å². The molecular formula is C15H18N2O5. The highest BCUT2D eigenvalue weighted by Crippen LogP contribution is 2.29. The number of benzene rings is 1. The van der Waals surface area contributed by atoms with E-state index in [9.17, 15) is 9.59 Å². The van der Waals surface area contributed by atoms with Crippen molar-refractivity contribution < 1.29 is 23.8 Å². The Kier molecular flexibility index (Phi) is 4.26. The first-order chi connectivity index (χ1) is 10.7. The van der Waals surface area contributed by atoms with Gasteiger partial charge in [0, 0.05) is 25.8 Å². The van der Waals surface area contributed by atoms with Gasteiger partial charge in [0.15, 0.2) is 6.61 Å². The van der Waals surface area contributed by atoms with Crippen molar-refractivity contribution in [2.75, 3.05) is 45.3 Å². The van der Waals surface area contributed by atoms with Crippen molar-refractivity contribution >= 4 is 17.5 Å². The number of carbonyl (C=O) groups excluding carboxylic acids is 2. The van der Waals surface area contributed by atoms with Crippen LogP contribution in [0.1, 0.15) is 10.4 Å². The number of amides is 2. The summed E-state index contributed by atoms with van der Waals surface area (Å²) in [5, 5.41) is 2.70. The Morgan fingerprint density at radius 3 is 3.18 bits per heavy atom. The fourth-order valence-electron chi connectivity index (χ4n) is 2.58. The maximum atomic E-state index is 12.6. The molecule has 2 amide bonds. The van der Waals surface area contributed by atoms with E-state index in [2.05, 4.69) is 5.32 Å². The molecule has 1 aromatic carbocycles. The molecule has 1 fully saturated rings. The van der Waals surface area contributed by atoms with Crippen LogP contribution in [-0.4, -0.2) is 62.8 Å². The van der Waals surface area contributed by atoms with Crippen LogP contribution in [0.15, 0.2) is 18.2 Å². The predicted molar refractivity (Wildman–Crippen MR) is 78.1 cm³/mol. The first-order valence-corrected chi connectivity index (χ1v) is 7.14. The van der Waals surface area contributed by atoms with Crippen molar-refractivity contribution in [3.05, 3.63) is 23.8 Å². The van der Waals surface area contributed by atoms with Crippen LogP contribution in [0, 0.1) is 0 Å². The average Bonchev–Trinajstić information content (AvgIpc) is 2.54. The molecule has 1 saturated heterocycles. The van der Waals surface area contributed by atoms with Crippen LogP contribution in [0.5, 0.6) is 5.75 Å². The van der Waals surface area contributed by atoms with E-state index in [-0.39, 0.29) is 24.5 Å². The standard InChI is InChI=1S/C15H18N2O5/c1-20-8-11-7-17(4-5-21-11)15(19)10-2-3-12-13(6-10)22-9-14(18)16-12/h2-3,6,11H,4-5,7-9H2,1H3,(H,16,18). The molecule has 22 heavy (non-hydrogen) atoms. The summed E-state index contributed by atoms with van der Waals surface area (Å²) < 4.78 is 16.0. The van der Waals surface area contributed by atoms with E-state index < -0.39 is 0 Å². The van der Waals surface area contributed by atoms with Crippen LogP contribution >= 0.6 is 0 Å². The van der Waals surface area contributed by atoms with Crippen LogP contribution in [0.25, 0.3) is 0 Å². The quantitative estimate of drug-likeness (QED) is 0.880. The Morgan fingerprint density at radius 1 is 1.50 bits per heavy atom. The molecular weight excluding hydrogens is 288 g/mol. The van der Waals surface area contributed by atoms with Gasteiger partial charge in [-0.15, -0.1) is 0 Å². The van der Waals surface area contributed by atoms with Crippen molar-refractivity contribution in [1.82, 2.24) is 4.90 Å². The Bertz CT molecular complexity index is 587. The minimum absolute atomic E-state index is 0.0297. The minimum atomic E-state index is -0.192. The van der Waals surface area contributed by atoms with Gasteiger partial charge in [0.1, 0.15) is 5.75 Å². The Hall–Kier alpha value is -2.12. The van der Waals surface area contributed by atoms with E-state index in [0.29, 0.717) is 43.3 Å². The molecule has 0 aliphatic carbocycles. The number of fused-ring (bicyclic) bond motifs is 1. The zero-order chi connectivity index (χ0) is 15.5. The lowest BCUT2D eigenvalue weighted by atomic mass is 10.1. The first-order valence-electron chi connectivity index (χ1n) is 7.14. The zero-order valence-corrected chi connectivity index (χ0v) is 12.3. The molecule has 7 nitrogen and oxygen atoms in total.